The number of carbonyl (C=O) groups is 1. The van der Waals surface area contributed by atoms with Crippen molar-refractivity contribution >= 4 is 11.9 Å². The number of hydrogen-bond donors (Lipinski definition) is 5. The molecule has 1 fully saturated rings. The number of carbonyl (C=O) groups excluding carboxylic acids is 1. The van der Waals surface area contributed by atoms with Crippen LogP contribution in [0.25, 0.3) is 0 Å². The summed E-state index contributed by atoms with van der Waals surface area (Å²) in [6, 6.07) is -1.14. The Balaban J connectivity index is 2.21. The number of amides is 1. The fraction of sp³-hybridized carbons (Fsp3) is 0.733. The summed E-state index contributed by atoms with van der Waals surface area (Å²) in [5.74, 6) is -0.676. The van der Waals surface area contributed by atoms with Gasteiger partial charge in [0.25, 0.3) is 0 Å². The molecule has 0 aromatic heterocycles. The van der Waals surface area contributed by atoms with E-state index < -0.39 is 30.4 Å². The second kappa shape index (κ2) is 7.65. The van der Waals surface area contributed by atoms with Gasteiger partial charge in [0.2, 0.25) is 5.91 Å². The molecular weight excluding hydrogens is 300 g/mol. The molecule has 1 aliphatic heterocycles. The number of nitrogens with two attached hydrogens (primary N) is 2. The second-order valence-corrected chi connectivity index (χ2v) is 6.21. The third-order valence-corrected chi connectivity index (χ3v) is 4.46. The van der Waals surface area contributed by atoms with Gasteiger partial charge in [-0.05, 0) is 18.9 Å². The second-order valence-electron chi connectivity index (χ2n) is 6.21. The average molecular weight is 326 g/mol. The first-order valence-corrected chi connectivity index (χ1v) is 7.94. The Hall–Kier alpha value is -1.80. The molecule has 0 radical (unpaired) electrons. The van der Waals surface area contributed by atoms with Crippen LogP contribution in [0.1, 0.15) is 32.6 Å². The Morgan fingerprint density at radius 3 is 2.70 bits per heavy atom. The molecule has 1 heterocycles. The number of aliphatic imine (C=N–C) groups is 1. The summed E-state index contributed by atoms with van der Waals surface area (Å²) in [6.45, 7) is 1.38. The van der Waals surface area contributed by atoms with Gasteiger partial charge >= 0.3 is 0 Å². The van der Waals surface area contributed by atoms with E-state index in [-0.39, 0.29) is 17.8 Å². The van der Waals surface area contributed by atoms with Crippen LogP contribution in [-0.4, -0.2) is 52.5 Å². The number of rotatable bonds is 4. The lowest BCUT2D eigenvalue weighted by molar-refractivity contribution is -0.124. The van der Waals surface area contributed by atoms with E-state index in [1.54, 1.807) is 6.08 Å². The Morgan fingerprint density at radius 2 is 2.09 bits per heavy atom. The van der Waals surface area contributed by atoms with E-state index in [2.05, 4.69) is 10.3 Å². The Labute approximate surface area is 135 Å². The van der Waals surface area contributed by atoms with Crippen LogP contribution < -0.4 is 16.8 Å². The molecule has 130 valence electrons. The van der Waals surface area contributed by atoms with Crippen LogP contribution >= 0.6 is 0 Å². The molecule has 7 N–H and O–H groups in total. The first-order chi connectivity index (χ1) is 10.9. The van der Waals surface area contributed by atoms with Crippen LogP contribution in [0.5, 0.6) is 0 Å². The molecule has 0 aromatic carbocycles. The minimum absolute atomic E-state index is 0.108. The van der Waals surface area contributed by atoms with Crippen LogP contribution in [0, 0.1) is 5.92 Å². The van der Waals surface area contributed by atoms with Gasteiger partial charge in [0.15, 0.2) is 5.96 Å². The molecule has 1 saturated carbocycles. The smallest absolute Gasteiger partial charge is 0.217 e. The van der Waals surface area contributed by atoms with Crippen LogP contribution in [0.2, 0.25) is 0 Å². The highest BCUT2D eigenvalue weighted by Gasteiger charge is 2.43. The molecule has 1 aliphatic carbocycles. The van der Waals surface area contributed by atoms with Gasteiger partial charge in [0.05, 0.1) is 30.6 Å². The summed E-state index contributed by atoms with van der Waals surface area (Å²) in [5.41, 5.74) is 10.9. The predicted octanol–water partition coefficient (Wildman–Crippen LogP) is -1.04. The minimum Gasteiger partial charge on any atom is -0.493 e. The Bertz CT molecular complexity index is 478. The third kappa shape index (κ3) is 4.35. The van der Waals surface area contributed by atoms with Gasteiger partial charge in [-0.25, -0.2) is 4.99 Å². The molecule has 0 bridgehead atoms. The van der Waals surface area contributed by atoms with Crippen molar-refractivity contribution in [3.05, 3.63) is 12.3 Å². The van der Waals surface area contributed by atoms with E-state index in [4.69, 9.17) is 16.2 Å². The zero-order valence-electron chi connectivity index (χ0n) is 13.3. The van der Waals surface area contributed by atoms with E-state index in [0.29, 0.717) is 12.8 Å². The summed E-state index contributed by atoms with van der Waals surface area (Å²) in [7, 11) is 0. The standard InChI is InChI=1S/C15H26N4O4/c1-8(20)18-12-10(19-15(16)17)6-7-23-14(12)13(22)9-4-2-3-5-11(9)21/h6-7,9-14,21-22H,2-5H2,1H3,(H,18,20)(H4,16,17,19)/t9?,10-,11?,12+,13?,14?/m0/s1. The predicted molar refractivity (Wildman–Crippen MR) is 85.2 cm³/mol. The maximum Gasteiger partial charge on any atom is 0.217 e. The molecule has 8 heteroatoms. The number of aliphatic hydroxyl groups excluding tert-OH is 2. The molecule has 23 heavy (non-hydrogen) atoms. The van der Waals surface area contributed by atoms with Crippen LogP contribution in [0.3, 0.4) is 0 Å². The maximum absolute atomic E-state index is 11.5. The number of hydrogen-bond acceptors (Lipinski definition) is 5. The van der Waals surface area contributed by atoms with Gasteiger partial charge < -0.3 is 31.7 Å². The van der Waals surface area contributed by atoms with Crippen molar-refractivity contribution in [2.75, 3.05) is 0 Å². The molecule has 2 rings (SSSR count). The summed E-state index contributed by atoms with van der Waals surface area (Å²) < 4.78 is 5.56. The van der Waals surface area contributed by atoms with Gasteiger partial charge in [-0.1, -0.05) is 12.8 Å². The quantitative estimate of drug-likeness (QED) is 0.330. The molecule has 0 spiro atoms. The molecule has 2 aliphatic rings. The zero-order chi connectivity index (χ0) is 17.0. The molecule has 0 aromatic rings. The highest BCUT2D eigenvalue weighted by atomic mass is 16.5. The SMILES string of the molecule is CC(=O)N[C@H]1C(C(O)C2CCCCC2O)OC=C[C@@H]1N=C(N)N. The summed E-state index contributed by atoms with van der Waals surface area (Å²) in [6.07, 6.45) is 4.09. The third-order valence-electron chi connectivity index (χ3n) is 4.46. The molecule has 0 saturated heterocycles. The first kappa shape index (κ1) is 17.6. The van der Waals surface area contributed by atoms with E-state index in [1.807, 2.05) is 0 Å². The highest BCUT2D eigenvalue weighted by Crippen LogP contribution is 2.31. The van der Waals surface area contributed by atoms with E-state index >= 15 is 0 Å². The number of nitrogens with zero attached hydrogens (tertiary/aromatic N) is 1. The van der Waals surface area contributed by atoms with Crippen molar-refractivity contribution in [3.8, 4) is 0 Å². The Kier molecular flexibility index (Phi) is 5.84. The van der Waals surface area contributed by atoms with Gasteiger partial charge in [0.1, 0.15) is 6.10 Å². The summed E-state index contributed by atoms with van der Waals surface area (Å²) in [4.78, 5) is 15.6. The molecular formula is C15H26N4O4. The fourth-order valence-electron chi connectivity index (χ4n) is 3.39. The van der Waals surface area contributed by atoms with Gasteiger partial charge in [-0.3, -0.25) is 4.79 Å². The fourth-order valence-corrected chi connectivity index (χ4v) is 3.39. The number of ether oxygens (including phenoxy) is 1. The van der Waals surface area contributed by atoms with Gasteiger partial charge in [-0.15, -0.1) is 0 Å². The van der Waals surface area contributed by atoms with Crippen molar-refractivity contribution in [2.45, 2.75) is 63.0 Å². The van der Waals surface area contributed by atoms with Crippen LogP contribution in [0.15, 0.2) is 17.3 Å². The number of nitrogens with one attached hydrogen (secondary N) is 1. The number of guanidine groups is 1. The molecule has 1 amide bonds. The molecule has 4 unspecified atom stereocenters. The summed E-state index contributed by atoms with van der Waals surface area (Å²) in [5, 5.41) is 23.6. The van der Waals surface area contributed by atoms with Gasteiger partial charge in [0, 0.05) is 12.8 Å². The lowest BCUT2D eigenvalue weighted by atomic mass is 9.78. The van der Waals surface area contributed by atoms with Crippen molar-refractivity contribution in [1.82, 2.24) is 5.32 Å². The maximum atomic E-state index is 11.5. The van der Waals surface area contributed by atoms with Crippen molar-refractivity contribution in [1.29, 1.82) is 0 Å². The number of aliphatic hydroxyl groups is 2. The average Bonchev–Trinajstić information content (AvgIpc) is 2.48. The first-order valence-electron chi connectivity index (χ1n) is 7.94. The van der Waals surface area contributed by atoms with Crippen molar-refractivity contribution < 1.29 is 19.7 Å². The lowest BCUT2D eigenvalue weighted by Gasteiger charge is -2.41. The minimum atomic E-state index is -0.927. The van der Waals surface area contributed by atoms with Crippen LogP contribution in [0.4, 0.5) is 0 Å². The lowest BCUT2D eigenvalue weighted by Crippen LogP contribution is -2.58. The molecule has 6 atom stereocenters. The van der Waals surface area contributed by atoms with Gasteiger partial charge in [-0.2, -0.15) is 0 Å². The molecule has 8 nitrogen and oxygen atoms in total. The normalized spacial score (nSPS) is 35.0. The monoisotopic (exact) mass is 326 g/mol. The highest BCUT2D eigenvalue weighted by molar-refractivity contribution is 5.76. The topological polar surface area (TPSA) is 143 Å². The van der Waals surface area contributed by atoms with Crippen molar-refractivity contribution in [3.63, 3.8) is 0 Å². The zero-order valence-corrected chi connectivity index (χ0v) is 13.3. The Morgan fingerprint density at radius 1 is 1.39 bits per heavy atom. The van der Waals surface area contributed by atoms with Crippen LogP contribution in [-0.2, 0) is 9.53 Å². The van der Waals surface area contributed by atoms with E-state index in [9.17, 15) is 15.0 Å². The van der Waals surface area contributed by atoms with E-state index in [0.717, 1.165) is 12.8 Å². The summed E-state index contributed by atoms with van der Waals surface area (Å²) >= 11 is 0. The van der Waals surface area contributed by atoms with Crippen molar-refractivity contribution in [2.24, 2.45) is 22.4 Å². The van der Waals surface area contributed by atoms with E-state index in [1.165, 1.54) is 13.2 Å². The largest absolute Gasteiger partial charge is 0.493 e.